The number of benzene rings is 2. The summed E-state index contributed by atoms with van der Waals surface area (Å²) in [6.45, 7) is 8.95. The zero-order valence-electron chi connectivity index (χ0n) is 19.5. The number of amides is 1. The lowest BCUT2D eigenvalue weighted by molar-refractivity contribution is -0.152. The Labute approximate surface area is 189 Å². The van der Waals surface area contributed by atoms with Crippen LogP contribution in [0.2, 0.25) is 0 Å². The number of hydrazone groups is 1. The fraction of sp³-hybridized carbons (Fsp3) is 0.423. The van der Waals surface area contributed by atoms with Crippen LogP contribution in [-0.2, 0) is 16.0 Å². The molecule has 1 unspecified atom stereocenters. The Hall–Kier alpha value is -3.15. The van der Waals surface area contributed by atoms with Crippen LogP contribution < -0.4 is 4.74 Å². The number of carboxylic acids is 1. The number of nitrogens with zero attached hydrogens (tertiary/aromatic N) is 2. The smallest absolute Gasteiger partial charge is 0.347 e. The van der Waals surface area contributed by atoms with Crippen molar-refractivity contribution in [1.82, 2.24) is 5.01 Å². The molecule has 6 heteroatoms. The molecule has 1 aliphatic rings. The molecule has 1 atom stereocenters. The number of ether oxygens (including phenoxy) is 1. The molecule has 1 aliphatic heterocycles. The van der Waals surface area contributed by atoms with E-state index in [-0.39, 0.29) is 11.9 Å². The van der Waals surface area contributed by atoms with Crippen LogP contribution in [0.15, 0.2) is 59.7 Å². The van der Waals surface area contributed by atoms with Crippen molar-refractivity contribution in [3.8, 4) is 5.75 Å². The fourth-order valence-electron chi connectivity index (χ4n) is 3.73. The largest absolute Gasteiger partial charge is 0.478 e. The van der Waals surface area contributed by atoms with Crippen LogP contribution in [0.25, 0.3) is 0 Å². The third kappa shape index (κ3) is 5.01. The normalized spacial score (nSPS) is 16.6. The second-order valence-electron chi connectivity index (χ2n) is 9.32. The van der Waals surface area contributed by atoms with Gasteiger partial charge in [-0.25, -0.2) is 9.80 Å². The number of aliphatic carboxylic acids is 1. The maximum atomic E-state index is 13.0. The Bertz CT molecular complexity index is 994. The summed E-state index contributed by atoms with van der Waals surface area (Å²) in [4.78, 5) is 24.3. The van der Waals surface area contributed by atoms with Crippen molar-refractivity contribution in [2.45, 2.75) is 65.5 Å². The van der Waals surface area contributed by atoms with Gasteiger partial charge in [0.05, 0.1) is 17.2 Å². The zero-order chi connectivity index (χ0) is 23.5. The van der Waals surface area contributed by atoms with E-state index < -0.39 is 17.0 Å². The van der Waals surface area contributed by atoms with Gasteiger partial charge in [0.25, 0.3) is 5.91 Å². The molecule has 0 fully saturated rings. The topological polar surface area (TPSA) is 79.2 Å². The van der Waals surface area contributed by atoms with E-state index in [0.717, 1.165) is 36.1 Å². The SMILES string of the molecule is CC(c1ccccc1)N1N=C(CCCc2ccc(OC(C)(C)C(=O)O)cc2)C(C)(C)C1=O. The van der Waals surface area contributed by atoms with Crippen molar-refractivity contribution in [1.29, 1.82) is 0 Å². The molecule has 3 rings (SSSR count). The molecule has 1 N–H and O–H groups in total. The molecule has 2 aromatic carbocycles. The lowest BCUT2D eigenvalue weighted by Gasteiger charge is -2.24. The van der Waals surface area contributed by atoms with Crippen LogP contribution in [0, 0.1) is 5.41 Å². The average molecular weight is 437 g/mol. The van der Waals surface area contributed by atoms with Gasteiger partial charge in [-0.1, -0.05) is 42.5 Å². The van der Waals surface area contributed by atoms with Crippen molar-refractivity contribution in [3.05, 3.63) is 65.7 Å². The summed E-state index contributed by atoms with van der Waals surface area (Å²) in [6, 6.07) is 17.3. The maximum absolute atomic E-state index is 13.0. The van der Waals surface area contributed by atoms with Crippen LogP contribution in [-0.4, -0.2) is 33.3 Å². The van der Waals surface area contributed by atoms with Crippen molar-refractivity contribution < 1.29 is 19.4 Å². The first-order valence-corrected chi connectivity index (χ1v) is 11.0. The van der Waals surface area contributed by atoms with Gasteiger partial charge in [0.2, 0.25) is 0 Å². The number of carboxylic acid groups (broad SMARTS) is 1. The number of carbonyl (C=O) groups excluding carboxylic acids is 1. The fourth-order valence-corrected chi connectivity index (χ4v) is 3.73. The minimum atomic E-state index is -1.27. The predicted octanol–water partition coefficient (Wildman–Crippen LogP) is 5.24. The van der Waals surface area contributed by atoms with Crippen LogP contribution in [0.1, 0.15) is 64.6 Å². The molecular weight excluding hydrogens is 404 g/mol. The summed E-state index contributed by atoms with van der Waals surface area (Å²) in [7, 11) is 0. The number of hydrogen-bond acceptors (Lipinski definition) is 4. The highest BCUT2D eigenvalue weighted by Crippen LogP contribution is 2.36. The van der Waals surface area contributed by atoms with E-state index in [4.69, 9.17) is 9.84 Å². The third-order valence-corrected chi connectivity index (χ3v) is 6.03. The molecule has 1 heterocycles. The standard InChI is InChI=1S/C26H32N2O4/c1-18(20-11-7-6-8-12-20)28-23(29)25(2,3)22(27-28)13-9-10-19-14-16-21(17-15-19)32-26(4,5)24(30)31/h6-8,11-12,14-18H,9-10,13H2,1-5H3,(H,30,31). The quantitative estimate of drug-likeness (QED) is 0.583. The third-order valence-electron chi connectivity index (χ3n) is 6.03. The summed E-state index contributed by atoms with van der Waals surface area (Å²) in [5.74, 6) is -0.448. The predicted molar refractivity (Wildman–Crippen MR) is 125 cm³/mol. The van der Waals surface area contributed by atoms with E-state index in [1.165, 1.54) is 13.8 Å². The lowest BCUT2D eigenvalue weighted by Crippen LogP contribution is -2.37. The first-order valence-electron chi connectivity index (χ1n) is 11.0. The van der Waals surface area contributed by atoms with Crippen molar-refractivity contribution in [3.63, 3.8) is 0 Å². The van der Waals surface area contributed by atoms with Gasteiger partial charge in [-0.3, -0.25) is 4.79 Å². The first kappa shape index (κ1) is 23.5. The number of hydrogen-bond donors (Lipinski definition) is 1. The Morgan fingerprint density at radius 3 is 2.31 bits per heavy atom. The molecule has 0 bridgehead atoms. The molecule has 170 valence electrons. The summed E-state index contributed by atoms with van der Waals surface area (Å²) >= 11 is 0. The van der Waals surface area contributed by atoms with Gasteiger partial charge in [-0.05, 0) is 77.1 Å². The molecule has 32 heavy (non-hydrogen) atoms. The molecular formula is C26H32N2O4. The second-order valence-corrected chi connectivity index (χ2v) is 9.32. The molecule has 0 aliphatic carbocycles. The van der Waals surface area contributed by atoms with Gasteiger partial charge in [-0.15, -0.1) is 0 Å². The molecule has 0 aromatic heterocycles. The minimum absolute atomic E-state index is 0.0337. The molecule has 0 saturated heterocycles. The lowest BCUT2D eigenvalue weighted by atomic mass is 9.84. The van der Waals surface area contributed by atoms with Crippen molar-refractivity contribution in [2.24, 2.45) is 10.5 Å². The number of rotatable bonds is 9. The minimum Gasteiger partial charge on any atom is -0.478 e. The number of aryl methyl sites for hydroxylation is 1. The Morgan fingerprint density at radius 2 is 1.72 bits per heavy atom. The highest BCUT2D eigenvalue weighted by atomic mass is 16.5. The summed E-state index contributed by atoms with van der Waals surface area (Å²) < 4.78 is 5.55. The van der Waals surface area contributed by atoms with Gasteiger partial charge in [0.15, 0.2) is 5.60 Å². The maximum Gasteiger partial charge on any atom is 0.347 e. The second kappa shape index (κ2) is 9.15. The van der Waals surface area contributed by atoms with E-state index in [9.17, 15) is 14.7 Å². The zero-order valence-corrected chi connectivity index (χ0v) is 19.5. The Kier molecular flexibility index (Phi) is 6.72. The van der Waals surface area contributed by atoms with Gasteiger partial charge in [0, 0.05) is 0 Å². The molecule has 0 saturated carbocycles. The summed E-state index contributed by atoms with van der Waals surface area (Å²) in [6.07, 6.45) is 2.44. The molecule has 2 aromatic rings. The molecule has 1 amide bonds. The van der Waals surface area contributed by atoms with E-state index in [2.05, 4.69) is 0 Å². The monoisotopic (exact) mass is 436 g/mol. The van der Waals surface area contributed by atoms with Gasteiger partial charge < -0.3 is 9.84 Å². The molecule has 6 nitrogen and oxygen atoms in total. The van der Waals surface area contributed by atoms with Crippen LogP contribution in [0.3, 0.4) is 0 Å². The summed E-state index contributed by atoms with van der Waals surface area (Å²) in [5.41, 5.74) is 1.22. The molecule has 0 spiro atoms. The Morgan fingerprint density at radius 1 is 1.09 bits per heavy atom. The van der Waals surface area contributed by atoms with E-state index in [1.807, 2.05) is 63.2 Å². The van der Waals surface area contributed by atoms with Gasteiger partial charge in [-0.2, -0.15) is 5.10 Å². The average Bonchev–Trinajstić information content (AvgIpc) is 2.98. The van der Waals surface area contributed by atoms with Gasteiger partial charge >= 0.3 is 5.97 Å². The van der Waals surface area contributed by atoms with Crippen LogP contribution >= 0.6 is 0 Å². The van der Waals surface area contributed by atoms with Crippen molar-refractivity contribution in [2.75, 3.05) is 0 Å². The Balaban J connectivity index is 1.61. The highest BCUT2D eigenvalue weighted by molar-refractivity contribution is 6.11. The van der Waals surface area contributed by atoms with Crippen molar-refractivity contribution >= 4 is 17.6 Å². The van der Waals surface area contributed by atoms with E-state index in [1.54, 1.807) is 17.1 Å². The summed E-state index contributed by atoms with van der Waals surface area (Å²) in [5, 5.41) is 15.5. The van der Waals surface area contributed by atoms with Gasteiger partial charge in [0.1, 0.15) is 5.75 Å². The van der Waals surface area contributed by atoms with Crippen LogP contribution in [0.5, 0.6) is 5.75 Å². The first-order chi connectivity index (χ1) is 15.0. The highest BCUT2D eigenvalue weighted by Gasteiger charge is 2.44. The van der Waals surface area contributed by atoms with E-state index >= 15 is 0 Å². The number of carbonyl (C=O) groups is 2. The van der Waals surface area contributed by atoms with Crippen LogP contribution in [0.4, 0.5) is 0 Å². The van der Waals surface area contributed by atoms with E-state index in [0.29, 0.717) is 5.75 Å². The molecule has 0 radical (unpaired) electrons.